The molecule has 0 spiro atoms. The molecule has 1 saturated heterocycles. The summed E-state index contributed by atoms with van der Waals surface area (Å²) in [6.45, 7) is 1.18. The Balaban J connectivity index is 1.56. The van der Waals surface area contributed by atoms with Gasteiger partial charge in [0.05, 0.1) is 12.0 Å². The van der Waals surface area contributed by atoms with Crippen LogP contribution in [0.25, 0.3) is 0 Å². The number of hydrogen-bond acceptors (Lipinski definition) is 3. The van der Waals surface area contributed by atoms with E-state index in [4.69, 9.17) is 23.2 Å². The van der Waals surface area contributed by atoms with Crippen LogP contribution < -0.4 is 16.2 Å². The fourth-order valence-corrected chi connectivity index (χ4v) is 3.19. The predicted octanol–water partition coefficient (Wildman–Crippen LogP) is 3.12. The van der Waals surface area contributed by atoms with E-state index in [1.165, 1.54) is 0 Å². The van der Waals surface area contributed by atoms with Crippen molar-refractivity contribution in [1.29, 1.82) is 0 Å². The lowest BCUT2D eigenvalue weighted by Crippen LogP contribution is -2.36. The van der Waals surface area contributed by atoms with E-state index in [2.05, 4.69) is 16.2 Å². The molecule has 1 aliphatic rings. The Morgan fingerprint density at radius 1 is 1.12 bits per heavy atom. The molecule has 0 bridgehead atoms. The van der Waals surface area contributed by atoms with Crippen LogP contribution in [0.5, 0.6) is 0 Å². The molecule has 1 heterocycles. The summed E-state index contributed by atoms with van der Waals surface area (Å²) in [5.74, 6) is -0.139. The van der Waals surface area contributed by atoms with Crippen LogP contribution in [0, 0.1) is 5.92 Å². The first kappa shape index (κ1) is 17.2. The second-order valence-electron chi connectivity index (χ2n) is 5.83. The molecule has 2 unspecified atom stereocenters. The molecule has 1 amide bonds. The van der Waals surface area contributed by atoms with Gasteiger partial charge in [-0.2, -0.15) is 0 Å². The molecule has 0 radical (unpaired) electrons. The third-order valence-electron chi connectivity index (χ3n) is 4.15. The first-order valence-electron chi connectivity index (χ1n) is 7.89. The molecule has 0 saturated carbocycles. The van der Waals surface area contributed by atoms with Crippen LogP contribution in [0.3, 0.4) is 0 Å². The maximum Gasteiger partial charge on any atom is 0.226 e. The zero-order valence-electron chi connectivity index (χ0n) is 13.1. The predicted molar refractivity (Wildman–Crippen MR) is 97.0 cm³/mol. The summed E-state index contributed by atoms with van der Waals surface area (Å²) in [5.41, 5.74) is 8.38. The summed E-state index contributed by atoms with van der Waals surface area (Å²) in [7, 11) is 0. The Morgan fingerprint density at radius 2 is 1.92 bits per heavy atom. The van der Waals surface area contributed by atoms with E-state index in [0.29, 0.717) is 18.1 Å². The number of halogens is 2. The SMILES string of the molecule is O=C(NCCc1ccc(Cl)cc1)C1CNNC1c1cccc(Cl)c1. The smallest absolute Gasteiger partial charge is 0.226 e. The molecule has 1 aliphatic heterocycles. The van der Waals surface area contributed by atoms with Crippen molar-refractivity contribution in [2.45, 2.75) is 12.5 Å². The summed E-state index contributed by atoms with van der Waals surface area (Å²) >= 11 is 11.9. The fourth-order valence-electron chi connectivity index (χ4n) is 2.87. The average Bonchev–Trinajstić information content (AvgIpc) is 3.06. The summed E-state index contributed by atoms with van der Waals surface area (Å²) < 4.78 is 0. The first-order valence-corrected chi connectivity index (χ1v) is 8.65. The molecule has 0 aliphatic carbocycles. The van der Waals surface area contributed by atoms with Crippen molar-refractivity contribution in [2.75, 3.05) is 13.1 Å². The minimum absolute atomic E-state index is 0.0337. The van der Waals surface area contributed by atoms with Gasteiger partial charge in [-0.3, -0.25) is 10.2 Å². The monoisotopic (exact) mass is 363 g/mol. The number of nitrogens with one attached hydrogen (secondary N) is 3. The highest BCUT2D eigenvalue weighted by Gasteiger charge is 2.33. The summed E-state index contributed by atoms with van der Waals surface area (Å²) in [4.78, 5) is 12.5. The summed E-state index contributed by atoms with van der Waals surface area (Å²) in [5, 5.41) is 4.40. The highest BCUT2D eigenvalue weighted by molar-refractivity contribution is 6.30. The maximum absolute atomic E-state index is 12.5. The molecule has 2 aromatic rings. The molecule has 3 rings (SSSR count). The Hall–Kier alpha value is -1.59. The third-order valence-corrected chi connectivity index (χ3v) is 4.64. The first-order chi connectivity index (χ1) is 11.6. The Morgan fingerprint density at radius 3 is 2.67 bits per heavy atom. The van der Waals surface area contributed by atoms with Crippen molar-refractivity contribution in [3.63, 3.8) is 0 Å². The van der Waals surface area contributed by atoms with E-state index in [1.54, 1.807) is 0 Å². The number of hydrazine groups is 1. The van der Waals surface area contributed by atoms with Gasteiger partial charge in [-0.05, 0) is 41.8 Å². The molecule has 24 heavy (non-hydrogen) atoms. The molecule has 4 nitrogen and oxygen atoms in total. The minimum atomic E-state index is -0.173. The fraction of sp³-hybridized carbons (Fsp3) is 0.278. The zero-order valence-corrected chi connectivity index (χ0v) is 14.6. The molecule has 1 fully saturated rings. The van der Waals surface area contributed by atoms with Crippen LogP contribution in [0.15, 0.2) is 48.5 Å². The van der Waals surface area contributed by atoms with Crippen molar-refractivity contribution < 1.29 is 4.79 Å². The molecule has 2 aromatic carbocycles. The number of hydrogen-bond donors (Lipinski definition) is 3. The van der Waals surface area contributed by atoms with Gasteiger partial charge in [0.2, 0.25) is 5.91 Å². The standard InChI is InChI=1S/C18H19Cl2N3O/c19-14-6-4-12(5-7-14)8-9-21-18(24)16-11-22-23-17(16)13-2-1-3-15(20)10-13/h1-7,10,16-17,22-23H,8-9,11H2,(H,21,24). The number of carbonyl (C=O) groups is 1. The van der Waals surface area contributed by atoms with Gasteiger partial charge in [-0.15, -0.1) is 0 Å². The van der Waals surface area contributed by atoms with Crippen LogP contribution in [0.2, 0.25) is 10.0 Å². The van der Waals surface area contributed by atoms with Gasteiger partial charge < -0.3 is 5.32 Å². The second-order valence-corrected chi connectivity index (χ2v) is 6.70. The lowest BCUT2D eigenvalue weighted by Gasteiger charge is -2.18. The summed E-state index contributed by atoms with van der Waals surface area (Å²) in [6, 6.07) is 15.2. The molecule has 126 valence electrons. The quantitative estimate of drug-likeness (QED) is 0.764. The van der Waals surface area contributed by atoms with E-state index in [-0.39, 0.29) is 17.9 Å². The second kappa shape index (κ2) is 7.99. The van der Waals surface area contributed by atoms with Crippen LogP contribution in [-0.4, -0.2) is 19.0 Å². The van der Waals surface area contributed by atoms with Gasteiger partial charge in [0, 0.05) is 23.1 Å². The van der Waals surface area contributed by atoms with Crippen molar-refractivity contribution >= 4 is 29.1 Å². The third kappa shape index (κ3) is 4.28. The topological polar surface area (TPSA) is 53.2 Å². The van der Waals surface area contributed by atoms with Crippen molar-refractivity contribution in [2.24, 2.45) is 5.92 Å². The largest absolute Gasteiger partial charge is 0.355 e. The molecular weight excluding hydrogens is 345 g/mol. The van der Waals surface area contributed by atoms with Gasteiger partial charge in [-0.1, -0.05) is 47.5 Å². The van der Waals surface area contributed by atoms with E-state index < -0.39 is 0 Å². The molecule has 3 N–H and O–H groups in total. The van der Waals surface area contributed by atoms with Gasteiger partial charge in [-0.25, -0.2) is 5.43 Å². The van der Waals surface area contributed by atoms with Crippen molar-refractivity contribution in [3.05, 3.63) is 69.7 Å². The maximum atomic E-state index is 12.5. The van der Waals surface area contributed by atoms with Crippen LogP contribution >= 0.6 is 23.2 Å². The minimum Gasteiger partial charge on any atom is -0.355 e. The number of amides is 1. The van der Waals surface area contributed by atoms with E-state index >= 15 is 0 Å². The number of benzene rings is 2. The van der Waals surface area contributed by atoms with E-state index in [9.17, 15) is 4.79 Å². The highest BCUT2D eigenvalue weighted by atomic mass is 35.5. The van der Waals surface area contributed by atoms with Crippen LogP contribution in [-0.2, 0) is 11.2 Å². The lowest BCUT2D eigenvalue weighted by atomic mass is 9.94. The lowest BCUT2D eigenvalue weighted by molar-refractivity contribution is -0.124. The van der Waals surface area contributed by atoms with E-state index in [1.807, 2.05) is 48.5 Å². The van der Waals surface area contributed by atoms with Crippen molar-refractivity contribution in [1.82, 2.24) is 16.2 Å². The average molecular weight is 364 g/mol. The number of rotatable bonds is 5. The van der Waals surface area contributed by atoms with Crippen LogP contribution in [0.1, 0.15) is 17.2 Å². The normalized spacial score (nSPS) is 20.1. The summed E-state index contributed by atoms with van der Waals surface area (Å²) in [6.07, 6.45) is 0.776. The molecule has 0 aromatic heterocycles. The molecule has 2 atom stereocenters. The Bertz CT molecular complexity index is 706. The van der Waals surface area contributed by atoms with Gasteiger partial charge >= 0.3 is 0 Å². The Labute approximate surface area is 151 Å². The number of carbonyl (C=O) groups excluding carboxylic acids is 1. The molecule has 6 heteroatoms. The van der Waals surface area contributed by atoms with Crippen LogP contribution in [0.4, 0.5) is 0 Å². The molecular formula is C18H19Cl2N3O. The van der Waals surface area contributed by atoms with E-state index in [0.717, 1.165) is 22.6 Å². The highest BCUT2D eigenvalue weighted by Crippen LogP contribution is 2.26. The van der Waals surface area contributed by atoms with Gasteiger partial charge in [0.1, 0.15) is 0 Å². The zero-order chi connectivity index (χ0) is 16.9. The van der Waals surface area contributed by atoms with Crippen molar-refractivity contribution in [3.8, 4) is 0 Å². The van der Waals surface area contributed by atoms with Gasteiger partial charge in [0.25, 0.3) is 0 Å². The van der Waals surface area contributed by atoms with Gasteiger partial charge in [0.15, 0.2) is 0 Å². The Kier molecular flexibility index (Phi) is 5.74.